The molecule has 0 aliphatic carbocycles. The van der Waals surface area contributed by atoms with Crippen LogP contribution in [0.4, 0.5) is 0 Å². The van der Waals surface area contributed by atoms with E-state index in [1.807, 2.05) is 13.8 Å². The number of carbonyl (C=O) groups is 1. The number of hydrogen-bond acceptors (Lipinski definition) is 2. The number of carbonyl (C=O) groups excluding carboxylic acids is 1. The van der Waals surface area contributed by atoms with Crippen molar-refractivity contribution in [2.75, 3.05) is 0 Å². The molecule has 0 heterocycles. The normalized spacial score (nSPS) is 16.8. The van der Waals surface area contributed by atoms with Gasteiger partial charge >= 0.3 is 0 Å². The number of quaternary nitrogens is 1. The highest BCUT2D eigenvalue weighted by Crippen LogP contribution is 2.01. The maximum Gasteiger partial charge on any atom is 0.127 e. The second kappa shape index (κ2) is 3.45. The van der Waals surface area contributed by atoms with Crippen LogP contribution < -0.4 is 10.8 Å². The van der Waals surface area contributed by atoms with Crippen LogP contribution in [-0.2, 0) is 4.79 Å². The highest BCUT2D eigenvalue weighted by atomic mass is 16.4. The van der Waals surface area contributed by atoms with Gasteiger partial charge in [0.05, 0.1) is 5.97 Å². The molecule has 0 amide bonds. The first kappa shape index (κ1) is 8.43. The van der Waals surface area contributed by atoms with Crippen molar-refractivity contribution in [2.45, 2.75) is 26.3 Å². The summed E-state index contributed by atoms with van der Waals surface area (Å²) in [5.41, 5.74) is 3.45. The van der Waals surface area contributed by atoms with Gasteiger partial charge in [-0.3, -0.25) is 0 Å². The van der Waals surface area contributed by atoms with E-state index in [9.17, 15) is 9.90 Å². The molecule has 0 rings (SSSR count). The fraction of sp³-hybridized carbons (Fsp3) is 0.833. The van der Waals surface area contributed by atoms with Gasteiger partial charge in [-0.1, -0.05) is 13.8 Å². The predicted molar refractivity (Wildman–Crippen MR) is 31.1 cm³/mol. The zero-order valence-electron chi connectivity index (χ0n) is 5.89. The van der Waals surface area contributed by atoms with Crippen LogP contribution in [-0.4, -0.2) is 12.0 Å². The van der Waals surface area contributed by atoms with Crippen LogP contribution in [0.15, 0.2) is 0 Å². The van der Waals surface area contributed by atoms with Crippen LogP contribution in [0, 0.1) is 5.92 Å². The molecule has 0 aromatic rings. The van der Waals surface area contributed by atoms with E-state index in [1.165, 1.54) is 0 Å². The van der Waals surface area contributed by atoms with Gasteiger partial charge in [0.2, 0.25) is 0 Å². The van der Waals surface area contributed by atoms with Crippen molar-refractivity contribution < 1.29 is 15.6 Å². The number of rotatable bonds is 3. The minimum absolute atomic E-state index is 0.120. The average molecular weight is 132 g/mol. The van der Waals surface area contributed by atoms with Crippen LogP contribution in [0.2, 0.25) is 0 Å². The summed E-state index contributed by atoms with van der Waals surface area (Å²) in [6.07, 6.45) is 0.835. The lowest BCUT2D eigenvalue weighted by molar-refractivity contribution is -0.447. The van der Waals surface area contributed by atoms with E-state index in [2.05, 4.69) is 5.73 Å². The zero-order chi connectivity index (χ0) is 7.44. The van der Waals surface area contributed by atoms with Crippen molar-refractivity contribution >= 4 is 5.97 Å². The Hall–Kier alpha value is -0.570. The molecule has 3 nitrogen and oxygen atoms in total. The summed E-state index contributed by atoms with van der Waals surface area (Å²) >= 11 is 0. The topological polar surface area (TPSA) is 67.8 Å². The van der Waals surface area contributed by atoms with E-state index in [4.69, 9.17) is 0 Å². The van der Waals surface area contributed by atoms with E-state index in [0.717, 1.165) is 6.42 Å². The molecular weight excluding hydrogens is 119 g/mol. The highest BCUT2D eigenvalue weighted by Gasteiger charge is 2.14. The molecule has 0 saturated carbocycles. The summed E-state index contributed by atoms with van der Waals surface area (Å²) in [6.45, 7) is 3.79. The first-order valence-corrected chi connectivity index (χ1v) is 3.13. The Labute approximate surface area is 54.9 Å². The summed E-state index contributed by atoms with van der Waals surface area (Å²) < 4.78 is 0. The molecule has 0 radical (unpaired) electrons. The Morgan fingerprint density at radius 2 is 2.22 bits per heavy atom. The number of carboxylic acids is 1. The number of hydrogen-bond donors (Lipinski definition) is 1. The SMILES string of the molecule is CC[C@@H](C)[C@H]([15NH3+])C(=O)[O-]. The lowest BCUT2D eigenvalue weighted by Gasteiger charge is -2.14. The largest absolute Gasteiger partial charge is 0.544 e. The van der Waals surface area contributed by atoms with Gasteiger partial charge in [0.15, 0.2) is 0 Å². The van der Waals surface area contributed by atoms with Crippen LogP contribution in [0.3, 0.4) is 0 Å². The summed E-state index contributed by atoms with van der Waals surface area (Å²) in [7, 11) is 0. The van der Waals surface area contributed by atoms with Gasteiger partial charge < -0.3 is 15.6 Å². The smallest absolute Gasteiger partial charge is 0.127 e. The Morgan fingerprint density at radius 1 is 1.78 bits per heavy atom. The summed E-state index contributed by atoms with van der Waals surface area (Å²) in [5.74, 6) is -0.931. The van der Waals surface area contributed by atoms with Crippen LogP contribution in [0.1, 0.15) is 20.3 Å². The molecule has 0 aromatic carbocycles. The Morgan fingerprint density at radius 3 is 2.33 bits per heavy atom. The monoisotopic (exact) mass is 132 g/mol. The highest BCUT2D eigenvalue weighted by molar-refractivity contribution is 5.69. The van der Waals surface area contributed by atoms with Crippen LogP contribution >= 0.6 is 0 Å². The first-order valence-electron chi connectivity index (χ1n) is 3.13. The Kier molecular flexibility index (Phi) is 3.24. The maximum atomic E-state index is 10.1. The molecule has 0 aliphatic rings. The molecule has 0 aromatic heterocycles. The summed E-state index contributed by atoms with van der Waals surface area (Å²) in [6, 6.07) is -0.560. The van der Waals surface area contributed by atoms with Gasteiger partial charge in [-0.2, -0.15) is 0 Å². The first-order chi connectivity index (χ1) is 4.09. The lowest BCUT2D eigenvalue weighted by Crippen LogP contribution is -2.70. The molecule has 2 atom stereocenters. The third-order valence-electron chi connectivity index (χ3n) is 1.63. The average Bonchev–Trinajstić information content (AvgIpc) is 1.84. The molecule has 9 heavy (non-hydrogen) atoms. The van der Waals surface area contributed by atoms with E-state index >= 15 is 0 Å². The maximum absolute atomic E-state index is 10.1. The minimum atomic E-state index is -1.05. The third-order valence-corrected chi connectivity index (χ3v) is 1.63. The summed E-state index contributed by atoms with van der Waals surface area (Å²) in [5, 5.41) is 10.1. The van der Waals surface area contributed by atoms with Gasteiger partial charge in [-0.15, -0.1) is 0 Å². The van der Waals surface area contributed by atoms with Gasteiger partial charge in [0, 0.05) is 5.92 Å². The molecule has 0 unspecified atom stereocenters. The Balaban J connectivity index is 3.72. The van der Waals surface area contributed by atoms with E-state index < -0.39 is 12.0 Å². The molecule has 0 fully saturated rings. The van der Waals surface area contributed by atoms with Crippen molar-refractivity contribution in [3.8, 4) is 0 Å². The molecule has 0 bridgehead atoms. The van der Waals surface area contributed by atoms with Gasteiger partial charge in [-0.25, -0.2) is 0 Å². The predicted octanol–water partition coefficient (Wildman–Crippen LogP) is -1.61. The zero-order valence-corrected chi connectivity index (χ0v) is 5.89. The second-order valence-corrected chi connectivity index (χ2v) is 2.31. The quantitative estimate of drug-likeness (QED) is 0.469. The fourth-order valence-corrected chi connectivity index (χ4v) is 0.517. The third kappa shape index (κ3) is 2.46. The summed E-state index contributed by atoms with van der Waals surface area (Å²) in [4.78, 5) is 10.1. The minimum Gasteiger partial charge on any atom is -0.544 e. The standard InChI is InChI=1S/C6H13NO2/c1-3-4(2)5(7)6(8)9/h4-5H,3,7H2,1-2H3,(H,8,9)/t4-,5+/m1/s1/i7+1. The molecule has 0 aliphatic heterocycles. The van der Waals surface area contributed by atoms with Crippen LogP contribution in [0.5, 0.6) is 0 Å². The number of aliphatic carboxylic acids is 1. The van der Waals surface area contributed by atoms with Gasteiger partial charge in [-0.05, 0) is 6.42 Å². The molecule has 0 spiro atoms. The lowest BCUT2D eigenvalue weighted by atomic mass is 10.0. The van der Waals surface area contributed by atoms with Crippen molar-refractivity contribution in [2.24, 2.45) is 5.92 Å². The van der Waals surface area contributed by atoms with Gasteiger partial charge in [0.25, 0.3) is 0 Å². The molecular formula is C6H13NO2. The molecule has 54 valence electrons. The molecule has 3 heteroatoms. The van der Waals surface area contributed by atoms with Gasteiger partial charge in [0.1, 0.15) is 6.04 Å². The van der Waals surface area contributed by atoms with E-state index in [-0.39, 0.29) is 5.92 Å². The van der Waals surface area contributed by atoms with Crippen LogP contribution in [0.25, 0.3) is 0 Å². The van der Waals surface area contributed by atoms with Crippen molar-refractivity contribution in [1.82, 2.24) is 0 Å². The van der Waals surface area contributed by atoms with Crippen molar-refractivity contribution in [3.05, 3.63) is 0 Å². The molecule has 3 N–H and O–H groups in total. The molecule has 0 saturated heterocycles. The van der Waals surface area contributed by atoms with Crippen molar-refractivity contribution in [1.29, 1.82) is 0 Å². The Bertz CT molecular complexity index is 103. The van der Waals surface area contributed by atoms with E-state index in [1.54, 1.807) is 0 Å². The van der Waals surface area contributed by atoms with E-state index in [0.29, 0.717) is 0 Å². The number of carboxylic acid groups (broad SMARTS) is 1. The van der Waals surface area contributed by atoms with Crippen molar-refractivity contribution in [3.63, 3.8) is 0 Å². The fourth-order valence-electron chi connectivity index (χ4n) is 0.517. The second-order valence-electron chi connectivity index (χ2n) is 2.31.